The number of carboxylic acid groups (broad SMARTS) is 1. The lowest BCUT2D eigenvalue weighted by atomic mass is 10.1. The average Bonchev–Trinajstić information content (AvgIpc) is 2.98. The van der Waals surface area contributed by atoms with E-state index in [1.807, 2.05) is 31.2 Å². The first-order chi connectivity index (χ1) is 11.9. The molecule has 2 N–H and O–H groups in total. The Labute approximate surface area is 145 Å². The molecular weight excluding hydrogens is 320 g/mol. The van der Waals surface area contributed by atoms with Crippen LogP contribution in [-0.2, 0) is 9.59 Å². The number of hydrogen-bond acceptors (Lipinski definition) is 3. The molecule has 0 unspecified atom stereocenters. The minimum atomic E-state index is -1.02. The molecule has 1 heterocycles. The van der Waals surface area contributed by atoms with E-state index in [0.29, 0.717) is 12.2 Å². The number of rotatable bonds is 4. The van der Waals surface area contributed by atoms with Crippen LogP contribution >= 0.6 is 0 Å². The number of nitrogens with one attached hydrogen (secondary N) is 1. The lowest BCUT2D eigenvalue weighted by Gasteiger charge is -2.17. The fraction of sp³-hybridized carbons (Fsp3) is 0.211. The van der Waals surface area contributed by atoms with Gasteiger partial charge in [0.15, 0.2) is 0 Å². The highest BCUT2D eigenvalue weighted by Gasteiger charge is 2.35. The molecule has 1 fully saturated rings. The molecule has 2 aromatic rings. The summed E-state index contributed by atoms with van der Waals surface area (Å²) in [5.74, 6) is -1.78. The fourth-order valence-electron chi connectivity index (χ4n) is 2.80. The molecule has 25 heavy (non-hydrogen) atoms. The van der Waals surface area contributed by atoms with Gasteiger partial charge in [0.25, 0.3) is 0 Å². The predicted molar refractivity (Wildman–Crippen MR) is 93.7 cm³/mol. The molecule has 1 aliphatic rings. The summed E-state index contributed by atoms with van der Waals surface area (Å²) in [7, 11) is 0. The molecule has 3 rings (SSSR count). The smallest absolute Gasteiger partial charge is 0.335 e. The third-order valence-corrected chi connectivity index (χ3v) is 4.24. The van der Waals surface area contributed by atoms with Crippen molar-refractivity contribution in [2.45, 2.75) is 13.3 Å². The van der Waals surface area contributed by atoms with Gasteiger partial charge in [-0.2, -0.15) is 0 Å². The van der Waals surface area contributed by atoms with Crippen LogP contribution in [0.4, 0.5) is 11.4 Å². The summed E-state index contributed by atoms with van der Waals surface area (Å²) in [5.41, 5.74) is 2.56. The van der Waals surface area contributed by atoms with Crippen LogP contribution in [0.5, 0.6) is 0 Å². The van der Waals surface area contributed by atoms with Gasteiger partial charge in [0.2, 0.25) is 11.8 Å². The van der Waals surface area contributed by atoms with E-state index in [2.05, 4.69) is 5.32 Å². The molecule has 6 heteroatoms. The van der Waals surface area contributed by atoms with Gasteiger partial charge in [-0.1, -0.05) is 17.7 Å². The minimum Gasteiger partial charge on any atom is -0.478 e. The molecule has 0 aromatic heterocycles. The van der Waals surface area contributed by atoms with Crippen molar-refractivity contribution < 1.29 is 19.5 Å². The Morgan fingerprint density at radius 1 is 1.08 bits per heavy atom. The van der Waals surface area contributed by atoms with Crippen molar-refractivity contribution in [3.8, 4) is 0 Å². The summed E-state index contributed by atoms with van der Waals surface area (Å²) >= 11 is 0. The number of amides is 2. The predicted octanol–water partition coefficient (Wildman–Crippen LogP) is 2.68. The van der Waals surface area contributed by atoms with Crippen molar-refractivity contribution in [3.63, 3.8) is 0 Å². The third kappa shape index (κ3) is 3.68. The van der Waals surface area contributed by atoms with Gasteiger partial charge in [0, 0.05) is 24.3 Å². The molecule has 0 aliphatic carbocycles. The van der Waals surface area contributed by atoms with Gasteiger partial charge in [-0.3, -0.25) is 9.59 Å². The number of anilines is 2. The summed E-state index contributed by atoms with van der Waals surface area (Å²) in [6.07, 6.45) is 0.160. The normalized spacial score (nSPS) is 16.8. The molecule has 0 spiro atoms. The Morgan fingerprint density at radius 2 is 1.72 bits per heavy atom. The zero-order valence-electron chi connectivity index (χ0n) is 13.7. The highest BCUT2D eigenvalue weighted by Crippen LogP contribution is 2.26. The Kier molecular flexibility index (Phi) is 4.52. The topological polar surface area (TPSA) is 86.7 Å². The maximum absolute atomic E-state index is 12.4. The first kappa shape index (κ1) is 16.7. The van der Waals surface area contributed by atoms with Crippen LogP contribution in [0.15, 0.2) is 48.5 Å². The van der Waals surface area contributed by atoms with Crippen LogP contribution in [0.3, 0.4) is 0 Å². The summed E-state index contributed by atoms with van der Waals surface area (Å²) < 4.78 is 0. The van der Waals surface area contributed by atoms with Gasteiger partial charge in [-0.15, -0.1) is 0 Å². The van der Waals surface area contributed by atoms with Crippen LogP contribution in [0, 0.1) is 12.8 Å². The number of aromatic carboxylic acids is 1. The Morgan fingerprint density at radius 3 is 2.32 bits per heavy atom. The third-order valence-electron chi connectivity index (χ3n) is 4.24. The number of benzene rings is 2. The maximum Gasteiger partial charge on any atom is 0.335 e. The summed E-state index contributed by atoms with van der Waals surface area (Å²) in [5, 5.41) is 11.6. The van der Waals surface area contributed by atoms with Crippen molar-refractivity contribution in [1.82, 2.24) is 0 Å². The molecule has 2 amide bonds. The molecule has 1 atom stereocenters. The van der Waals surface area contributed by atoms with Gasteiger partial charge in [0.1, 0.15) is 0 Å². The SMILES string of the molecule is Cc1ccc(N2C[C@H](C(=O)Nc3ccc(C(=O)O)cc3)CC2=O)cc1. The molecule has 2 aromatic carbocycles. The largest absolute Gasteiger partial charge is 0.478 e. The zero-order valence-corrected chi connectivity index (χ0v) is 13.7. The second-order valence-electron chi connectivity index (χ2n) is 6.11. The monoisotopic (exact) mass is 338 g/mol. The highest BCUT2D eigenvalue weighted by atomic mass is 16.4. The van der Waals surface area contributed by atoms with E-state index in [0.717, 1.165) is 11.3 Å². The van der Waals surface area contributed by atoms with E-state index in [9.17, 15) is 14.4 Å². The van der Waals surface area contributed by atoms with Crippen molar-refractivity contribution in [2.24, 2.45) is 5.92 Å². The number of carbonyl (C=O) groups is 3. The number of hydrogen-bond donors (Lipinski definition) is 2. The van der Waals surface area contributed by atoms with Gasteiger partial charge in [-0.25, -0.2) is 4.79 Å². The maximum atomic E-state index is 12.4. The molecule has 0 saturated carbocycles. The average molecular weight is 338 g/mol. The first-order valence-corrected chi connectivity index (χ1v) is 7.95. The molecular formula is C19H18N2O4. The number of nitrogens with zero attached hydrogens (tertiary/aromatic N) is 1. The van der Waals surface area contributed by atoms with Crippen molar-refractivity contribution in [2.75, 3.05) is 16.8 Å². The molecule has 1 aliphatic heterocycles. The van der Waals surface area contributed by atoms with Crippen LogP contribution in [0.25, 0.3) is 0 Å². The number of carbonyl (C=O) groups excluding carboxylic acids is 2. The van der Waals surface area contributed by atoms with E-state index < -0.39 is 11.9 Å². The van der Waals surface area contributed by atoms with Crippen molar-refractivity contribution in [3.05, 3.63) is 59.7 Å². The Bertz CT molecular complexity index is 812. The van der Waals surface area contributed by atoms with Gasteiger partial charge < -0.3 is 15.3 Å². The second-order valence-corrected chi connectivity index (χ2v) is 6.11. The number of aryl methyl sites for hydroxylation is 1. The van der Waals surface area contributed by atoms with Gasteiger partial charge in [0.05, 0.1) is 11.5 Å². The summed E-state index contributed by atoms with van der Waals surface area (Å²) in [6, 6.07) is 13.5. The number of carboxylic acids is 1. The minimum absolute atomic E-state index is 0.0785. The standard InChI is InChI=1S/C19H18N2O4/c1-12-2-8-16(9-3-12)21-11-14(10-17(21)22)18(23)20-15-6-4-13(5-7-15)19(24)25/h2-9,14H,10-11H2,1H3,(H,20,23)(H,24,25)/t14-/m1/s1. The zero-order chi connectivity index (χ0) is 18.0. The van der Waals surface area contributed by atoms with E-state index in [1.165, 1.54) is 24.3 Å². The van der Waals surface area contributed by atoms with Crippen LogP contribution in [0.2, 0.25) is 0 Å². The van der Waals surface area contributed by atoms with E-state index in [1.54, 1.807) is 4.90 Å². The van der Waals surface area contributed by atoms with Crippen LogP contribution < -0.4 is 10.2 Å². The molecule has 1 saturated heterocycles. The molecule has 0 bridgehead atoms. The first-order valence-electron chi connectivity index (χ1n) is 7.95. The highest BCUT2D eigenvalue weighted by molar-refractivity contribution is 6.03. The Hall–Kier alpha value is -3.15. The van der Waals surface area contributed by atoms with E-state index in [-0.39, 0.29) is 23.8 Å². The van der Waals surface area contributed by atoms with Crippen molar-refractivity contribution in [1.29, 1.82) is 0 Å². The van der Waals surface area contributed by atoms with Crippen molar-refractivity contribution >= 4 is 29.2 Å². The molecule has 6 nitrogen and oxygen atoms in total. The van der Waals surface area contributed by atoms with Crippen LogP contribution in [0.1, 0.15) is 22.3 Å². The molecule has 0 radical (unpaired) electrons. The van der Waals surface area contributed by atoms with Gasteiger partial charge in [-0.05, 0) is 43.3 Å². The summed E-state index contributed by atoms with van der Waals surface area (Å²) in [4.78, 5) is 37.1. The van der Waals surface area contributed by atoms with Crippen LogP contribution in [-0.4, -0.2) is 29.4 Å². The van der Waals surface area contributed by atoms with E-state index >= 15 is 0 Å². The van der Waals surface area contributed by atoms with Gasteiger partial charge >= 0.3 is 5.97 Å². The lowest BCUT2D eigenvalue weighted by Crippen LogP contribution is -2.28. The quantitative estimate of drug-likeness (QED) is 0.897. The summed E-state index contributed by atoms with van der Waals surface area (Å²) in [6.45, 7) is 2.31. The fourth-order valence-corrected chi connectivity index (χ4v) is 2.80. The lowest BCUT2D eigenvalue weighted by molar-refractivity contribution is -0.122. The van der Waals surface area contributed by atoms with E-state index in [4.69, 9.17) is 5.11 Å². The Balaban J connectivity index is 1.66. The second kappa shape index (κ2) is 6.76. The molecule has 128 valence electrons.